The monoisotopic (exact) mass is 301 g/mol. The van der Waals surface area contributed by atoms with E-state index >= 15 is 0 Å². The van der Waals surface area contributed by atoms with Crippen molar-refractivity contribution in [2.45, 2.75) is 58.0 Å². The zero-order valence-electron chi connectivity index (χ0n) is 12.3. The van der Waals surface area contributed by atoms with Gasteiger partial charge in [-0.1, -0.05) is 39.0 Å². The van der Waals surface area contributed by atoms with Gasteiger partial charge in [-0.2, -0.15) is 13.2 Å². The van der Waals surface area contributed by atoms with E-state index in [2.05, 4.69) is 6.92 Å². The molecule has 0 aromatic heterocycles. The molecule has 2 N–H and O–H groups in total. The van der Waals surface area contributed by atoms with E-state index in [0.717, 1.165) is 43.9 Å². The Kier molecular flexibility index (Phi) is 6.72. The molecule has 0 unspecified atom stereocenters. The molecule has 0 bridgehead atoms. The molecule has 21 heavy (non-hydrogen) atoms. The molecule has 0 amide bonds. The first kappa shape index (κ1) is 17.5. The molecule has 0 aliphatic carbocycles. The molecule has 5 heteroatoms. The van der Waals surface area contributed by atoms with Crippen LogP contribution in [0.3, 0.4) is 0 Å². The van der Waals surface area contributed by atoms with Gasteiger partial charge in [0.15, 0.2) is 5.78 Å². The van der Waals surface area contributed by atoms with Crippen molar-refractivity contribution in [1.82, 2.24) is 0 Å². The van der Waals surface area contributed by atoms with Crippen molar-refractivity contribution in [2.24, 2.45) is 0 Å². The number of alkyl halides is 3. The Balaban J connectivity index is 2.57. The zero-order chi connectivity index (χ0) is 15.9. The molecule has 0 spiro atoms. The van der Waals surface area contributed by atoms with Crippen LogP contribution in [0.4, 0.5) is 18.9 Å². The zero-order valence-corrected chi connectivity index (χ0v) is 12.3. The lowest BCUT2D eigenvalue weighted by molar-refractivity contribution is -0.137. The van der Waals surface area contributed by atoms with E-state index in [1.807, 2.05) is 0 Å². The lowest BCUT2D eigenvalue weighted by Gasteiger charge is -2.10. The molecule has 0 fully saturated rings. The Morgan fingerprint density at radius 1 is 1.10 bits per heavy atom. The van der Waals surface area contributed by atoms with Crippen molar-refractivity contribution in [3.63, 3.8) is 0 Å². The van der Waals surface area contributed by atoms with Gasteiger partial charge >= 0.3 is 6.18 Å². The second kappa shape index (κ2) is 8.05. The number of unbranched alkanes of at least 4 members (excludes halogenated alkanes) is 5. The van der Waals surface area contributed by atoms with Gasteiger partial charge in [0, 0.05) is 17.7 Å². The normalized spacial score (nSPS) is 11.6. The fourth-order valence-corrected chi connectivity index (χ4v) is 2.17. The molecular weight excluding hydrogens is 279 g/mol. The highest BCUT2D eigenvalue weighted by atomic mass is 19.4. The number of carbonyl (C=O) groups is 1. The van der Waals surface area contributed by atoms with Gasteiger partial charge in [-0.05, 0) is 24.6 Å². The third kappa shape index (κ3) is 5.78. The van der Waals surface area contributed by atoms with E-state index in [0.29, 0.717) is 6.42 Å². The molecule has 0 saturated heterocycles. The van der Waals surface area contributed by atoms with Gasteiger partial charge in [-0.25, -0.2) is 0 Å². The summed E-state index contributed by atoms with van der Waals surface area (Å²) in [6.45, 7) is 2.12. The number of Topliss-reactive ketones (excluding diaryl/α,β-unsaturated/α-hetero) is 1. The smallest absolute Gasteiger partial charge is 0.398 e. The standard InChI is InChI=1S/C16H22F3NO/c1-2-3-4-5-6-7-8-15(21)13-11-12(16(17,18)19)9-10-14(13)20/h9-11H,2-8,20H2,1H3. The molecule has 0 radical (unpaired) electrons. The Morgan fingerprint density at radius 2 is 1.71 bits per heavy atom. The fraction of sp³-hybridized carbons (Fsp3) is 0.562. The molecule has 1 aromatic carbocycles. The number of halogens is 3. The Labute approximate surface area is 123 Å². The van der Waals surface area contributed by atoms with E-state index in [-0.39, 0.29) is 23.5 Å². The van der Waals surface area contributed by atoms with Gasteiger partial charge < -0.3 is 5.73 Å². The minimum absolute atomic E-state index is 0.0154. The van der Waals surface area contributed by atoms with Crippen LogP contribution in [0.5, 0.6) is 0 Å². The van der Waals surface area contributed by atoms with Crippen molar-refractivity contribution in [1.29, 1.82) is 0 Å². The maximum Gasteiger partial charge on any atom is 0.416 e. The summed E-state index contributed by atoms with van der Waals surface area (Å²) in [6, 6.07) is 2.91. The third-order valence-corrected chi connectivity index (χ3v) is 3.44. The predicted octanol–water partition coefficient (Wildman–Crippen LogP) is 5.22. The van der Waals surface area contributed by atoms with Gasteiger partial charge in [-0.15, -0.1) is 0 Å². The van der Waals surface area contributed by atoms with Crippen molar-refractivity contribution in [2.75, 3.05) is 5.73 Å². The first-order valence-electron chi connectivity index (χ1n) is 7.36. The van der Waals surface area contributed by atoms with Gasteiger partial charge in [-0.3, -0.25) is 4.79 Å². The van der Waals surface area contributed by atoms with Crippen molar-refractivity contribution in [3.8, 4) is 0 Å². The summed E-state index contributed by atoms with van der Waals surface area (Å²) >= 11 is 0. The number of nitrogen functional groups attached to an aromatic ring is 1. The Morgan fingerprint density at radius 3 is 2.33 bits per heavy atom. The van der Waals surface area contributed by atoms with Crippen molar-refractivity contribution < 1.29 is 18.0 Å². The molecular formula is C16H22F3NO. The minimum Gasteiger partial charge on any atom is -0.398 e. The average molecular weight is 301 g/mol. The third-order valence-electron chi connectivity index (χ3n) is 3.44. The summed E-state index contributed by atoms with van der Waals surface area (Å²) in [5.74, 6) is -0.311. The fourth-order valence-electron chi connectivity index (χ4n) is 2.17. The minimum atomic E-state index is -4.46. The van der Waals surface area contributed by atoms with Crippen molar-refractivity contribution in [3.05, 3.63) is 29.3 Å². The molecule has 0 saturated carbocycles. The SMILES string of the molecule is CCCCCCCCC(=O)c1cc(C(F)(F)F)ccc1N. The highest BCUT2D eigenvalue weighted by molar-refractivity contribution is 6.00. The van der Waals surface area contributed by atoms with Crippen LogP contribution in [0, 0.1) is 0 Å². The summed E-state index contributed by atoms with van der Waals surface area (Å²) in [6.07, 6.45) is 1.92. The van der Waals surface area contributed by atoms with Gasteiger partial charge in [0.05, 0.1) is 5.56 Å². The number of hydrogen-bond acceptors (Lipinski definition) is 2. The lowest BCUT2D eigenvalue weighted by atomic mass is 10.00. The van der Waals surface area contributed by atoms with E-state index < -0.39 is 11.7 Å². The largest absolute Gasteiger partial charge is 0.416 e. The predicted molar refractivity (Wildman–Crippen MR) is 78.2 cm³/mol. The molecule has 2 nitrogen and oxygen atoms in total. The number of benzene rings is 1. The number of rotatable bonds is 8. The van der Waals surface area contributed by atoms with Crippen LogP contribution in [0.1, 0.15) is 67.8 Å². The van der Waals surface area contributed by atoms with Crippen LogP contribution in [-0.2, 0) is 6.18 Å². The summed E-state index contributed by atoms with van der Waals surface area (Å²) in [7, 11) is 0. The van der Waals surface area contributed by atoms with Gasteiger partial charge in [0.2, 0.25) is 0 Å². The number of anilines is 1. The summed E-state index contributed by atoms with van der Waals surface area (Å²) in [5.41, 5.74) is 4.88. The summed E-state index contributed by atoms with van der Waals surface area (Å²) < 4.78 is 37.9. The van der Waals surface area contributed by atoms with E-state index in [1.54, 1.807) is 0 Å². The van der Waals surface area contributed by atoms with Crippen LogP contribution in [-0.4, -0.2) is 5.78 Å². The maximum atomic E-state index is 12.6. The number of hydrogen-bond donors (Lipinski definition) is 1. The summed E-state index contributed by atoms with van der Waals surface area (Å²) in [5, 5.41) is 0. The number of nitrogens with two attached hydrogens (primary N) is 1. The first-order valence-corrected chi connectivity index (χ1v) is 7.36. The lowest BCUT2D eigenvalue weighted by Crippen LogP contribution is -2.10. The van der Waals surface area contributed by atoms with Crippen LogP contribution < -0.4 is 5.73 Å². The maximum absolute atomic E-state index is 12.6. The van der Waals surface area contributed by atoms with Crippen LogP contribution >= 0.6 is 0 Å². The van der Waals surface area contributed by atoms with E-state index in [4.69, 9.17) is 5.73 Å². The summed E-state index contributed by atoms with van der Waals surface area (Å²) in [4.78, 5) is 12.0. The molecule has 0 atom stereocenters. The quantitative estimate of drug-likeness (QED) is 0.406. The molecule has 0 aliphatic heterocycles. The molecule has 0 aliphatic rings. The Bertz CT molecular complexity index is 469. The van der Waals surface area contributed by atoms with Crippen LogP contribution in [0.15, 0.2) is 18.2 Å². The molecule has 0 heterocycles. The Hall–Kier alpha value is -1.52. The average Bonchev–Trinajstić information content (AvgIpc) is 2.41. The number of carbonyl (C=O) groups excluding carboxylic acids is 1. The second-order valence-corrected chi connectivity index (χ2v) is 5.24. The molecule has 118 valence electrons. The van der Waals surface area contributed by atoms with E-state index in [1.165, 1.54) is 6.42 Å². The van der Waals surface area contributed by atoms with Crippen molar-refractivity contribution >= 4 is 11.5 Å². The van der Waals surface area contributed by atoms with Gasteiger partial charge in [0.25, 0.3) is 0 Å². The molecule has 1 aromatic rings. The van der Waals surface area contributed by atoms with Crippen LogP contribution in [0.25, 0.3) is 0 Å². The molecule has 1 rings (SSSR count). The van der Waals surface area contributed by atoms with E-state index in [9.17, 15) is 18.0 Å². The highest BCUT2D eigenvalue weighted by Gasteiger charge is 2.31. The van der Waals surface area contributed by atoms with Gasteiger partial charge in [0.1, 0.15) is 0 Å². The second-order valence-electron chi connectivity index (χ2n) is 5.24. The number of ketones is 1. The first-order chi connectivity index (χ1) is 9.86. The van der Waals surface area contributed by atoms with Crippen LogP contribution in [0.2, 0.25) is 0 Å². The topological polar surface area (TPSA) is 43.1 Å². The highest BCUT2D eigenvalue weighted by Crippen LogP contribution is 2.31.